The number of hydrogen-bond acceptors (Lipinski definition) is 2. The fourth-order valence-electron chi connectivity index (χ4n) is 2.95. The Morgan fingerprint density at radius 2 is 1.90 bits per heavy atom. The lowest BCUT2D eigenvalue weighted by Crippen LogP contribution is -2.58. The van der Waals surface area contributed by atoms with Crippen molar-refractivity contribution < 1.29 is 9.59 Å². The fourth-order valence-corrected chi connectivity index (χ4v) is 2.95. The Labute approximate surface area is 125 Å². The molecule has 0 spiro atoms. The van der Waals surface area contributed by atoms with Crippen LogP contribution in [0.25, 0.3) is 0 Å². The summed E-state index contributed by atoms with van der Waals surface area (Å²) in [5.41, 5.74) is 0.856. The highest BCUT2D eigenvalue weighted by Crippen LogP contribution is 2.33. The van der Waals surface area contributed by atoms with Gasteiger partial charge in [-0.1, -0.05) is 43.2 Å². The molecule has 1 saturated carbocycles. The predicted molar refractivity (Wildman–Crippen MR) is 80.5 cm³/mol. The standard InChI is InChI=1S/C17H22N2O2/c1-12-16(20)18-15(14-7-3-2-4-8-14)17(21)19(12)11-5-6-13-9-10-13/h2-4,7-8,12-13,15H,5-6,9-11H2,1H3,(H,18,20). The average molecular weight is 286 g/mol. The molecule has 4 nitrogen and oxygen atoms in total. The van der Waals surface area contributed by atoms with E-state index in [1.807, 2.05) is 37.3 Å². The van der Waals surface area contributed by atoms with Gasteiger partial charge in [0.25, 0.3) is 0 Å². The van der Waals surface area contributed by atoms with Crippen molar-refractivity contribution in [2.75, 3.05) is 6.54 Å². The maximum Gasteiger partial charge on any atom is 0.250 e. The molecular formula is C17H22N2O2. The maximum absolute atomic E-state index is 12.7. The molecule has 112 valence electrons. The number of benzene rings is 1. The van der Waals surface area contributed by atoms with Crippen molar-refractivity contribution >= 4 is 11.8 Å². The van der Waals surface area contributed by atoms with Crippen LogP contribution in [0.1, 0.15) is 44.2 Å². The highest BCUT2D eigenvalue weighted by atomic mass is 16.2. The quantitative estimate of drug-likeness (QED) is 0.902. The average Bonchev–Trinajstić information content (AvgIpc) is 3.31. The lowest BCUT2D eigenvalue weighted by molar-refractivity contribution is -0.148. The molecule has 21 heavy (non-hydrogen) atoms. The number of piperazine rings is 1. The molecule has 3 rings (SSSR count). The number of carbonyl (C=O) groups is 2. The zero-order valence-electron chi connectivity index (χ0n) is 12.4. The third kappa shape index (κ3) is 3.09. The largest absolute Gasteiger partial charge is 0.339 e. The second kappa shape index (κ2) is 5.88. The van der Waals surface area contributed by atoms with E-state index in [1.54, 1.807) is 4.90 Å². The Hall–Kier alpha value is -1.84. The van der Waals surface area contributed by atoms with Crippen LogP contribution in [0.3, 0.4) is 0 Å². The number of nitrogens with one attached hydrogen (secondary N) is 1. The lowest BCUT2D eigenvalue weighted by Gasteiger charge is -2.37. The first-order valence-corrected chi connectivity index (χ1v) is 7.82. The van der Waals surface area contributed by atoms with Gasteiger partial charge in [0.1, 0.15) is 12.1 Å². The molecule has 2 amide bonds. The molecule has 0 bridgehead atoms. The molecule has 1 aromatic carbocycles. The van der Waals surface area contributed by atoms with Crippen LogP contribution in [-0.4, -0.2) is 29.3 Å². The summed E-state index contributed by atoms with van der Waals surface area (Å²) in [5, 5.41) is 2.84. The van der Waals surface area contributed by atoms with Crippen LogP contribution in [0, 0.1) is 5.92 Å². The summed E-state index contributed by atoms with van der Waals surface area (Å²) in [5.74, 6) is 0.818. The van der Waals surface area contributed by atoms with Crippen LogP contribution in [0.2, 0.25) is 0 Å². The van der Waals surface area contributed by atoms with Crippen LogP contribution < -0.4 is 5.32 Å². The van der Waals surface area contributed by atoms with Gasteiger partial charge in [0, 0.05) is 6.54 Å². The highest BCUT2D eigenvalue weighted by Gasteiger charge is 2.38. The summed E-state index contributed by atoms with van der Waals surface area (Å²) < 4.78 is 0. The molecule has 2 fully saturated rings. The molecule has 1 aliphatic carbocycles. The minimum Gasteiger partial charge on any atom is -0.339 e. The first-order chi connectivity index (χ1) is 10.2. The molecular weight excluding hydrogens is 264 g/mol. The van der Waals surface area contributed by atoms with Gasteiger partial charge in [0.05, 0.1) is 0 Å². The van der Waals surface area contributed by atoms with Crippen molar-refractivity contribution in [2.24, 2.45) is 5.92 Å². The van der Waals surface area contributed by atoms with Gasteiger partial charge in [-0.2, -0.15) is 0 Å². The third-order valence-corrected chi connectivity index (χ3v) is 4.50. The summed E-state index contributed by atoms with van der Waals surface area (Å²) >= 11 is 0. The Morgan fingerprint density at radius 1 is 1.19 bits per heavy atom. The molecule has 2 atom stereocenters. The van der Waals surface area contributed by atoms with Gasteiger partial charge in [0.15, 0.2) is 0 Å². The molecule has 0 radical (unpaired) electrons. The first-order valence-electron chi connectivity index (χ1n) is 7.82. The Kier molecular flexibility index (Phi) is 3.95. The van der Waals surface area contributed by atoms with Crippen LogP contribution in [0.4, 0.5) is 0 Å². The van der Waals surface area contributed by atoms with Gasteiger partial charge in [-0.15, -0.1) is 0 Å². The zero-order valence-corrected chi connectivity index (χ0v) is 12.4. The highest BCUT2D eigenvalue weighted by molar-refractivity contribution is 5.97. The summed E-state index contributed by atoms with van der Waals surface area (Å²) in [4.78, 5) is 26.6. The van der Waals surface area contributed by atoms with Crippen molar-refractivity contribution in [2.45, 2.75) is 44.7 Å². The van der Waals surface area contributed by atoms with Gasteiger partial charge in [-0.05, 0) is 31.2 Å². The van der Waals surface area contributed by atoms with Gasteiger partial charge in [-0.25, -0.2) is 0 Å². The van der Waals surface area contributed by atoms with Gasteiger partial charge >= 0.3 is 0 Å². The van der Waals surface area contributed by atoms with Gasteiger partial charge < -0.3 is 10.2 Å². The topological polar surface area (TPSA) is 49.4 Å². The number of amides is 2. The molecule has 1 aliphatic heterocycles. The molecule has 1 aromatic rings. The molecule has 1 N–H and O–H groups in total. The Morgan fingerprint density at radius 3 is 2.57 bits per heavy atom. The van der Waals surface area contributed by atoms with E-state index in [1.165, 1.54) is 19.3 Å². The minimum absolute atomic E-state index is 0.0177. The van der Waals surface area contributed by atoms with E-state index in [2.05, 4.69) is 5.32 Å². The minimum atomic E-state index is -0.532. The second-order valence-corrected chi connectivity index (χ2v) is 6.15. The van der Waals surface area contributed by atoms with Crippen molar-refractivity contribution in [1.82, 2.24) is 10.2 Å². The predicted octanol–water partition coefficient (Wildman–Crippen LogP) is 2.26. The molecule has 2 unspecified atom stereocenters. The first kappa shape index (κ1) is 14.1. The van der Waals surface area contributed by atoms with E-state index in [0.717, 1.165) is 17.9 Å². The van der Waals surface area contributed by atoms with E-state index < -0.39 is 6.04 Å². The normalized spacial score (nSPS) is 25.9. The summed E-state index contributed by atoms with van der Waals surface area (Å²) in [7, 11) is 0. The molecule has 1 saturated heterocycles. The van der Waals surface area contributed by atoms with Crippen molar-refractivity contribution in [3.63, 3.8) is 0 Å². The lowest BCUT2D eigenvalue weighted by atomic mass is 10.0. The SMILES string of the molecule is CC1C(=O)NC(c2ccccc2)C(=O)N1CCCC1CC1. The van der Waals surface area contributed by atoms with E-state index in [-0.39, 0.29) is 17.9 Å². The van der Waals surface area contributed by atoms with Crippen LogP contribution in [0.15, 0.2) is 30.3 Å². The van der Waals surface area contributed by atoms with Gasteiger partial charge in [0.2, 0.25) is 11.8 Å². The summed E-state index contributed by atoms with van der Waals surface area (Å²) in [6.45, 7) is 2.50. The third-order valence-electron chi connectivity index (χ3n) is 4.50. The van der Waals surface area contributed by atoms with Crippen LogP contribution in [0.5, 0.6) is 0 Å². The zero-order chi connectivity index (χ0) is 14.8. The molecule has 2 aliphatic rings. The smallest absolute Gasteiger partial charge is 0.250 e. The van der Waals surface area contributed by atoms with E-state index in [9.17, 15) is 9.59 Å². The summed E-state index contributed by atoms with van der Waals surface area (Å²) in [6, 6.07) is 8.58. The molecule has 0 aromatic heterocycles. The number of rotatable bonds is 5. The second-order valence-electron chi connectivity index (χ2n) is 6.15. The fraction of sp³-hybridized carbons (Fsp3) is 0.529. The summed E-state index contributed by atoms with van der Waals surface area (Å²) in [6.07, 6.45) is 4.83. The van der Waals surface area contributed by atoms with E-state index in [0.29, 0.717) is 6.54 Å². The van der Waals surface area contributed by atoms with E-state index >= 15 is 0 Å². The Balaban J connectivity index is 1.71. The van der Waals surface area contributed by atoms with Crippen molar-refractivity contribution in [3.05, 3.63) is 35.9 Å². The van der Waals surface area contributed by atoms with Crippen LogP contribution >= 0.6 is 0 Å². The monoisotopic (exact) mass is 286 g/mol. The molecule has 1 heterocycles. The number of nitrogens with zero attached hydrogens (tertiary/aromatic N) is 1. The van der Waals surface area contributed by atoms with Crippen molar-refractivity contribution in [1.29, 1.82) is 0 Å². The number of carbonyl (C=O) groups excluding carboxylic acids is 2. The number of hydrogen-bond donors (Lipinski definition) is 1. The van der Waals surface area contributed by atoms with Crippen molar-refractivity contribution in [3.8, 4) is 0 Å². The van der Waals surface area contributed by atoms with E-state index in [4.69, 9.17) is 0 Å². The van der Waals surface area contributed by atoms with Gasteiger partial charge in [-0.3, -0.25) is 9.59 Å². The Bertz CT molecular complexity index is 525. The molecule has 4 heteroatoms. The maximum atomic E-state index is 12.7. The van der Waals surface area contributed by atoms with Crippen LogP contribution in [-0.2, 0) is 9.59 Å².